The molecule has 0 N–H and O–H groups in total. The summed E-state index contributed by atoms with van der Waals surface area (Å²) in [7, 11) is -1.64. The largest absolute Gasteiger partial charge is 0.271 e. The van der Waals surface area contributed by atoms with Gasteiger partial charge in [0.2, 0.25) is 10.0 Å². The number of hydrogen-bond acceptors (Lipinski definition) is 3. The summed E-state index contributed by atoms with van der Waals surface area (Å²) in [6.07, 6.45) is 3.50. The highest BCUT2D eigenvalue weighted by atomic mass is 35.5. The molecule has 21 heavy (non-hydrogen) atoms. The molecule has 1 fully saturated rings. The maximum Gasteiger partial charge on any atom is 0.244 e. The van der Waals surface area contributed by atoms with E-state index in [-0.39, 0.29) is 12.1 Å². The van der Waals surface area contributed by atoms with E-state index in [1.165, 1.54) is 0 Å². The molecule has 2 atom stereocenters. The van der Waals surface area contributed by atoms with E-state index >= 15 is 0 Å². The van der Waals surface area contributed by atoms with E-state index in [0.29, 0.717) is 9.92 Å². The first-order chi connectivity index (χ1) is 10.00. The van der Waals surface area contributed by atoms with Gasteiger partial charge < -0.3 is 0 Å². The van der Waals surface area contributed by atoms with Crippen molar-refractivity contribution in [2.24, 2.45) is 7.05 Å². The van der Waals surface area contributed by atoms with Crippen molar-refractivity contribution in [2.45, 2.75) is 29.8 Å². The van der Waals surface area contributed by atoms with Crippen molar-refractivity contribution in [3.05, 3.63) is 46.7 Å². The van der Waals surface area contributed by atoms with Crippen LogP contribution in [-0.4, -0.2) is 22.5 Å². The van der Waals surface area contributed by atoms with E-state index in [2.05, 4.69) is 5.10 Å². The zero-order chi connectivity index (χ0) is 14.8. The number of halogens is 1. The fraction of sp³-hybridized carbons (Fsp3) is 0.357. The van der Waals surface area contributed by atoms with Crippen LogP contribution in [0.3, 0.4) is 0 Å². The van der Waals surface area contributed by atoms with Gasteiger partial charge in [0.05, 0.1) is 28.9 Å². The fourth-order valence-corrected chi connectivity index (χ4v) is 5.47. The van der Waals surface area contributed by atoms with Gasteiger partial charge in [0.15, 0.2) is 0 Å². The minimum absolute atomic E-state index is 0.0839. The molecule has 1 aromatic heterocycles. The molecule has 110 valence electrons. The molecule has 3 heterocycles. The minimum atomic E-state index is -3.51. The number of aromatic nitrogens is 2. The van der Waals surface area contributed by atoms with Gasteiger partial charge in [-0.15, -0.1) is 0 Å². The standard InChI is InChI=1S/C14H14ClN3O2S/c1-17-14-11(8-16-17)12-6-7-13(14)18(12)21(19,20)10-4-2-9(15)3-5-10/h2-5,8,12-13H,6-7H2,1H3. The van der Waals surface area contributed by atoms with Crippen LogP contribution in [0.15, 0.2) is 35.4 Å². The maximum absolute atomic E-state index is 12.9. The first kappa shape index (κ1) is 13.3. The van der Waals surface area contributed by atoms with E-state index in [1.807, 2.05) is 7.05 Å². The van der Waals surface area contributed by atoms with Crippen molar-refractivity contribution in [1.82, 2.24) is 14.1 Å². The Morgan fingerprint density at radius 1 is 1.19 bits per heavy atom. The summed E-state index contributed by atoms with van der Waals surface area (Å²) in [4.78, 5) is 0.296. The van der Waals surface area contributed by atoms with Crippen LogP contribution < -0.4 is 0 Å². The van der Waals surface area contributed by atoms with Crippen molar-refractivity contribution in [2.75, 3.05) is 0 Å². The number of fused-ring (bicyclic) bond motifs is 5. The normalized spacial score (nSPS) is 24.5. The second-order valence-corrected chi connectivity index (χ2v) is 7.79. The van der Waals surface area contributed by atoms with Gasteiger partial charge in [0.1, 0.15) is 0 Å². The van der Waals surface area contributed by atoms with Crippen LogP contribution in [0, 0.1) is 0 Å². The summed E-state index contributed by atoms with van der Waals surface area (Å²) < 4.78 is 29.3. The monoisotopic (exact) mass is 323 g/mol. The minimum Gasteiger partial charge on any atom is -0.271 e. The smallest absolute Gasteiger partial charge is 0.244 e. The lowest BCUT2D eigenvalue weighted by molar-refractivity contribution is 0.356. The van der Waals surface area contributed by atoms with Crippen molar-refractivity contribution in [3.63, 3.8) is 0 Å². The highest BCUT2D eigenvalue weighted by molar-refractivity contribution is 7.89. The number of rotatable bonds is 2. The van der Waals surface area contributed by atoms with Gasteiger partial charge in [-0.05, 0) is 37.1 Å². The molecule has 1 saturated heterocycles. The van der Waals surface area contributed by atoms with Crippen LogP contribution in [0.5, 0.6) is 0 Å². The van der Waals surface area contributed by atoms with E-state index in [4.69, 9.17) is 11.6 Å². The highest BCUT2D eigenvalue weighted by Crippen LogP contribution is 2.55. The van der Waals surface area contributed by atoms with Crippen LogP contribution in [0.1, 0.15) is 36.2 Å². The van der Waals surface area contributed by atoms with Crippen LogP contribution in [0.4, 0.5) is 0 Å². The Morgan fingerprint density at radius 3 is 2.52 bits per heavy atom. The van der Waals surface area contributed by atoms with Gasteiger partial charge in [-0.25, -0.2) is 8.42 Å². The summed E-state index contributed by atoms with van der Waals surface area (Å²) in [5.74, 6) is 0. The van der Waals surface area contributed by atoms with Crippen molar-refractivity contribution < 1.29 is 8.42 Å². The van der Waals surface area contributed by atoms with Gasteiger partial charge in [0.25, 0.3) is 0 Å². The molecular weight excluding hydrogens is 310 g/mol. The number of sulfonamides is 1. The number of hydrogen-bond donors (Lipinski definition) is 0. The van der Waals surface area contributed by atoms with E-state index in [1.54, 1.807) is 39.4 Å². The van der Waals surface area contributed by atoms with Gasteiger partial charge in [-0.1, -0.05) is 11.6 Å². The molecule has 2 unspecified atom stereocenters. The Kier molecular flexibility index (Phi) is 2.73. The van der Waals surface area contributed by atoms with Gasteiger partial charge in [-0.3, -0.25) is 4.68 Å². The molecule has 0 amide bonds. The number of nitrogens with zero attached hydrogens (tertiary/aromatic N) is 3. The van der Waals surface area contributed by atoms with Crippen LogP contribution in [-0.2, 0) is 17.1 Å². The topological polar surface area (TPSA) is 55.2 Å². The molecule has 0 spiro atoms. The summed E-state index contributed by atoms with van der Waals surface area (Å²) in [5.41, 5.74) is 2.08. The molecule has 5 nitrogen and oxygen atoms in total. The molecule has 2 aliphatic heterocycles. The third-order valence-corrected chi connectivity index (χ3v) is 6.59. The first-order valence-electron chi connectivity index (χ1n) is 6.81. The lowest BCUT2D eigenvalue weighted by Crippen LogP contribution is -2.28. The summed E-state index contributed by atoms with van der Waals surface area (Å²) in [5, 5.41) is 4.79. The Balaban J connectivity index is 1.80. The molecule has 0 saturated carbocycles. The summed E-state index contributed by atoms with van der Waals surface area (Å²) >= 11 is 5.85. The van der Waals surface area contributed by atoms with Crippen molar-refractivity contribution in [1.29, 1.82) is 0 Å². The van der Waals surface area contributed by atoms with Crippen LogP contribution in [0.2, 0.25) is 5.02 Å². The lowest BCUT2D eigenvalue weighted by atomic mass is 9.98. The molecule has 4 rings (SSSR count). The van der Waals surface area contributed by atoms with Crippen LogP contribution in [0.25, 0.3) is 0 Å². The second kappa shape index (κ2) is 4.32. The second-order valence-electron chi connectivity index (χ2n) is 5.51. The first-order valence-corrected chi connectivity index (χ1v) is 8.63. The van der Waals surface area contributed by atoms with E-state index in [9.17, 15) is 8.42 Å². The fourth-order valence-electron chi connectivity index (χ4n) is 3.53. The predicted octanol–water partition coefficient (Wildman–Crippen LogP) is 2.65. The molecule has 2 bridgehead atoms. The van der Waals surface area contributed by atoms with Gasteiger partial charge in [0, 0.05) is 17.6 Å². The molecule has 2 aromatic rings. The van der Waals surface area contributed by atoms with E-state index < -0.39 is 10.0 Å². The lowest BCUT2D eigenvalue weighted by Gasteiger charge is -2.22. The maximum atomic E-state index is 12.9. The molecule has 2 aliphatic rings. The Bertz CT molecular complexity index is 813. The zero-order valence-electron chi connectivity index (χ0n) is 11.4. The molecule has 7 heteroatoms. The summed E-state index contributed by atoms with van der Waals surface area (Å²) in [6, 6.07) is 6.18. The molecule has 0 radical (unpaired) electrons. The highest BCUT2D eigenvalue weighted by Gasteiger charge is 2.52. The molecular formula is C14H14ClN3O2S. The Morgan fingerprint density at radius 2 is 1.86 bits per heavy atom. The van der Waals surface area contributed by atoms with Gasteiger partial charge in [-0.2, -0.15) is 9.40 Å². The Hall–Kier alpha value is -1.37. The predicted molar refractivity (Wildman–Crippen MR) is 78.4 cm³/mol. The third-order valence-electron chi connectivity index (χ3n) is 4.41. The quantitative estimate of drug-likeness (QED) is 0.853. The number of benzene rings is 1. The van der Waals surface area contributed by atoms with Gasteiger partial charge >= 0.3 is 0 Å². The third kappa shape index (κ3) is 1.73. The molecule has 0 aliphatic carbocycles. The number of aryl methyl sites for hydroxylation is 1. The SMILES string of the molecule is Cn1ncc2c1C1CCC2N1S(=O)(=O)c1ccc(Cl)cc1. The van der Waals surface area contributed by atoms with Crippen molar-refractivity contribution >= 4 is 21.6 Å². The molecule has 1 aromatic carbocycles. The summed E-state index contributed by atoms with van der Waals surface area (Å²) in [6.45, 7) is 0. The average Bonchev–Trinajstić information content (AvgIpc) is 3.11. The Labute approximate surface area is 128 Å². The van der Waals surface area contributed by atoms with E-state index in [0.717, 1.165) is 24.1 Å². The zero-order valence-corrected chi connectivity index (χ0v) is 13.0. The average molecular weight is 324 g/mol. The van der Waals surface area contributed by atoms with Crippen LogP contribution >= 0.6 is 11.6 Å². The van der Waals surface area contributed by atoms with Crippen molar-refractivity contribution in [3.8, 4) is 0 Å².